The lowest BCUT2D eigenvalue weighted by molar-refractivity contribution is -0.126. The maximum Gasteiger partial charge on any atom is 0.226 e. The van der Waals surface area contributed by atoms with E-state index in [-0.39, 0.29) is 11.8 Å². The van der Waals surface area contributed by atoms with Crippen molar-refractivity contribution in [3.8, 4) is 11.5 Å². The summed E-state index contributed by atoms with van der Waals surface area (Å²) in [6.45, 7) is 7.46. The third kappa shape index (κ3) is 5.33. The van der Waals surface area contributed by atoms with E-state index in [1.807, 2.05) is 31.2 Å². The number of nitrogens with one attached hydrogen (secondary N) is 1. The molecule has 1 fully saturated rings. The molecule has 6 heteroatoms. The molecule has 146 valence electrons. The highest BCUT2D eigenvalue weighted by Crippen LogP contribution is 2.25. The Morgan fingerprint density at radius 1 is 1.30 bits per heavy atom. The summed E-state index contributed by atoms with van der Waals surface area (Å²) in [6.07, 6.45) is 3.96. The number of nitrogens with zero attached hydrogens (tertiary/aromatic N) is 2. The zero-order valence-electron chi connectivity index (χ0n) is 16.1. The van der Waals surface area contributed by atoms with E-state index in [9.17, 15) is 4.79 Å². The van der Waals surface area contributed by atoms with Crippen LogP contribution < -0.4 is 5.32 Å². The highest BCUT2D eigenvalue weighted by atomic mass is 35.5. The van der Waals surface area contributed by atoms with Gasteiger partial charge in [-0.05, 0) is 63.5 Å². The van der Waals surface area contributed by atoms with Gasteiger partial charge in [-0.1, -0.05) is 24.9 Å². The van der Waals surface area contributed by atoms with Crippen LogP contribution in [0.3, 0.4) is 0 Å². The lowest BCUT2D eigenvalue weighted by atomic mass is 9.95. The van der Waals surface area contributed by atoms with Crippen LogP contribution >= 0.6 is 11.6 Å². The number of rotatable bonds is 7. The second-order valence-electron chi connectivity index (χ2n) is 7.22. The van der Waals surface area contributed by atoms with Crippen LogP contribution in [-0.4, -0.2) is 35.4 Å². The molecule has 27 heavy (non-hydrogen) atoms. The first-order chi connectivity index (χ1) is 13.1. The minimum atomic E-state index is 0.140. The number of carbonyl (C=O) groups is 1. The van der Waals surface area contributed by atoms with E-state index in [1.165, 1.54) is 0 Å². The van der Waals surface area contributed by atoms with E-state index in [0.717, 1.165) is 68.9 Å². The molecule has 0 unspecified atom stereocenters. The Bertz CT molecular complexity index is 749. The Kier molecular flexibility index (Phi) is 6.91. The Balaban J connectivity index is 1.53. The van der Waals surface area contributed by atoms with E-state index < -0.39 is 0 Å². The molecular formula is C21H28ClN3O2. The Morgan fingerprint density at radius 3 is 2.67 bits per heavy atom. The molecule has 0 radical (unpaired) electrons. The maximum atomic E-state index is 12.2. The number of aromatic nitrogens is 1. The number of carbonyl (C=O) groups excluding carboxylic acids is 1. The van der Waals surface area contributed by atoms with Crippen molar-refractivity contribution in [3.63, 3.8) is 0 Å². The van der Waals surface area contributed by atoms with E-state index in [1.54, 1.807) is 0 Å². The average molecular weight is 390 g/mol. The summed E-state index contributed by atoms with van der Waals surface area (Å²) >= 11 is 5.95. The molecule has 3 rings (SSSR count). The number of benzene rings is 1. The first-order valence-corrected chi connectivity index (χ1v) is 10.2. The number of hydrogen-bond donors (Lipinski definition) is 1. The molecule has 0 spiro atoms. The molecule has 0 atom stereocenters. The predicted octanol–water partition coefficient (Wildman–Crippen LogP) is 4.43. The van der Waals surface area contributed by atoms with Gasteiger partial charge in [0.1, 0.15) is 5.76 Å². The van der Waals surface area contributed by atoms with Gasteiger partial charge < -0.3 is 9.73 Å². The van der Waals surface area contributed by atoms with Gasteiger partial charge in [-0.15, -0.1) is 0 Å². The molecule has 1 aliphatic rings. The smallest absolute Gasteiger partial charge is 0.226 e. The largest absolute Gasteiger partial charge is 0.441 e. The fraction of sp³-hybridized carbons (Fsp3) is 0.524. The van der Waals surface area contributed by atoms with Gasteiger partial charge in [-0.2, -0.15) is 0 Å². The van der Waals surface area contributed by atoms with Crippen LogP contribution in [-0.2, 0) is 11.3 Å². The molecule has 1 amide bonds. The van der Waals surface area contributed by atoms with Gasteiger partial charge in [0, 0.05) is 29.6 Å². The van der Waals surface area contributed by atoms with Crippen molar-refractivity contribution in [1.29, 1.82) is 0 Å². The molecule has 1 aliphatic heterocycles. The maximum absolute atomic E-state index is 12.2. The number of halogens is 1. The molecule has 1 saturated heterocycles. The van der Waals surface area contributed by atoms with Gasteiger partial charge in [0.05, 0.1) is 5.69 Å². The van der Waals surface area contributed by atoms with Crippen LogP contribution in [0.2, 0.25) is 5.02 Å². The van der Waals surface area contributed by atoms with Gasteiger partial charge in [0.2, 0.25) is 11.8 Å². The zero-order chi connectivity index (χ0) is 19.2. The van der Waals surface area contributed by atoms with Crippen LogP contribution in [0.25, 0.3) is 11.5 Å². The van der Waals surface area contributed by atoms with Crippen molar-refractivity contribution in [3.05, 3.63) is 40.7 Å². The molecule has 1 aromatic heterocycles. The number of unbranched alkanes of at least 4 members (excludes halogenated alkanes) is 1. The lowest BCUT2D eigenvalue weighted by Crippen LogP contribution is -2.40. The summed E-state index contributed by atoms with van der Waals surface area (Å²) in [4.78, 5) is 19.2. The fourth-order valence-corrected chi connectivity index (χ4v) is 3.51. The number of likely N-dealkylation sites (tertiary alicyclic amines) is 1. The second kappa shape index (κ2) is 9.38. The van der Waals surface area contributed by atoms with Crippen LogP contribution in [0.5, 0.6) is 0 Å². The van der Waals surface area contributed by atoms with E-state index in [4.69, 9.17) is 16.0 Å². The molecule has 2 heterocycles. The standard InChI is InChI=1S/C21H28ClN3O2/c1-3-4-11-23-20(26)16-9-12-25(13-10-16)14-19-15(2)27-21(24-19)17-5-7-18(22)8-6-17/h5-8,16H,3-4,9-14H2,1-2H3,(H,23,26). The third-order valence-electron chi connectivity index (χ3n) is 5.15. The van der Waals surface area contributed by atoms with E-state index in [0.29, 0.717) is 10.9 Å². The predicted molar refractivity (Wildman–Crippen MR) is 108 cm³/mol. The molecule has 0 bridgehead atoms. The highest BCUT2D eigenvalue weighted by Gasteiger charge is 2.25. The molecule has 0 saturated carbocycles. The van der Waals surface area contributed by atoms with Gasteiger partial charge in [0.25, 0.3) is 0 Å². The van der Waals surface area contributed by atoms with Gasteiger partial charge in [-0.25, -0.2) is 4.98 Å². The van der Waals surface area contributed by atoms with Gasteiger partial charge >= 0.3 is 0 Å². The second-order valence-corrected chi connectivity index (χ2v) is 7.66. The van der Waals surface area contributed by atoms with Crippen molar-refractivity contribution in [2.45, 2.75) is 46.1 Å². The number of piperidine rings is 1. The van der Waals surface area contributed by atoms with Crippen LogP contribution in [0.1, 0.15) is 44.1 Å². The Hall–Kier alpha value is -1.85. The van der Waals surface area contributed by atoms with Gasteiger partial charge in [-0.3, -0.25) is 9.69 Å². The SMILES string of the molecule is CCCCNC(=O)C1CCN(Cc2nc(-c3ccc(Cl)cc3)oc2C)CC1. The highest BCUT2D eigenvalue weighted by molar-refractivity contribution is 6.30. The monoisotopic (exact) mass is 389 g/mol. The minimum absolute atomic E-state index is 0.140. The number of amides is 1. The number of aryl methyl sites for hydroxylation is 1. The summed E-state index contributed by atoms with van der Waals surface area (Å²) in [6, 6.07) is 7.51. The summed E-state index contributed by atoms with van der Waals surface area (Å²) < 4.78 is 5.85. The topological polar surface area (TPSA) is 58.4 Å². The van der Waals surface area contributed by atoms with Crippen LogP contribution in [0.4, 0.5) is 0 Å². The normalized spacial score (nSPS) is 15.8. The quantitative estimate of drug-likeness (QED) is 0.711. The van der Waals surface area contributed by atoms with Crippen LogP contribution in [0.15, 0.2) is 28.7 Å². The summed E-state index contributed by atoms with van der Waals surface area (Å²) in [5.74, 6) is 1.83. The van der Waals surface area contributed by atoms with E-state index >= 15 is 0 Å². The van der Waals surface area contributed by atoms with Crippen molar-refractivity contribution in [1.82, 2.24) is 15.2 Å². The lowest BCUT2D eigenvalue weighted by Gasteiger charge is -2.30. The van der Waals surface area contributed by atoms with Crippen molar-refractivity contribution in [2.75, 3.05) is 19.6 Å². The zero-order valence-corrected chi connectivity index (χ0v) is 16.9. The van der Waals surface area contributed by atoms with Crippen LogP contribution in [0, 0.1) is 12.8 Å². The third-order valence-corrected chi connectivity index (χ3v) is 5.40. The molecule has 1 N–H and O–H groups in total. The average Bonchev–Trinajstić information content (AvgIpc) is 3.03. The first kappa shape index (κ1) is 19.9. The fourth-order valence-electron chi connectivity index (χ4n) is 3.39. The molecule has 0 aliphatic carbocycles. The van der Waals surface area contributed by atoms with Crippen molar-refractivity contribution >= 4 is 17.5 Å². The molecule has 2 aromatic rings. The molecular weight excluding hydrogens is 362 g/mol. The molecule has 5 nitrogen and oxygen atoms in total. The Labute approximate surface area is 166 Å². The number of oxazole rings is 1. The van der Waals surface area contributed by atoms with E-state index in [2.05, 4.69) is 22.1 Å². The summed E-state index contributed by atoms with van der Waals surface area (Å²) in [7, 11) is 0. The number of hydrogen-bond acceptors (Lipinski definition) is 4. The molecule has 1 aromatic carbocycles. The summed E-state index contributed by atoms with van der Waals surface area (Å²) in [5, 5.41) is 3.76. The van der Waals surface area contributed by atoms with Crippen molar-refractivity contribution in [2.24, 2.45) is 5.92 Å². The first-order valence-electron chi connectivity index (χ1n) is 9.79. The summed E-state index contributed by atoms with van der Waals surface area (Å²) in [5.41, 5.74) is 1.89. The van der Waals surface area contributed by atoms with Crippen molar-refractivity contribution < 1.29 is 9.21 Å². The Morgan fingerprint density at radius 2 is 2.00 bits per heavy atom. The minimum Gasteiger partial charge on any atom is -0.441 e. The van der Waals surface area contributed by atoms with Gasteiger partial charge in [0.15, 0.2) is 0 Å².